The lowest BCUT2D eigenvalue weighted by Gasteiger charge is -2.12. The summed E-state index contributed by atoms with van der Waals surface area (Å²) in [6, 6.07) is 17.3. The van der Waals surface area contributed by atoms with Crippen LogP contribution in [0.1, 0.15) is 22.3 Å². The summed E-state index contributed by atoms with van der Waals surface area (Å²) in [6.45, 7) is 0. The van der Waals surface area contributed by atoms with Crippen molar-refractivity contribution in [3.8, 4) is 12.3 Å². The highest BCUT2D eigenvalue weighted by molar-refractivity contribution is 7.92. The predicted octanol–water partition coefficient (Wildman–Crippen LogP) is 4.92. The van der Waals surface area contributed by atoms with Crippen molar-refractivity contribution in [3.63, 3.8) is 0 Å². The standard InChI is InChI=1S/C25H17F3N2O3S/c1-2-16-3-8-19(9-4-16)30-34(32,33)20-10-5-17(6-11-20)13-18-7-12-23-21(14-18)22(25(26,27)28)15-24(31)29-23/h1,3-12,14-15,30H,13H2,(H,29,31). The van der Waals surface area contributed by atoms with Crippen molar-refractivity contribution in [1.29, 1.82) is 0 Å². The molecule has 0 fully saturated rings. The van der Waals surface area contributed by atoms with Gasteiger partial charge in [0.25, 0.3) is 10.0 Å². The van der Waals surface area contributed by atoms with Gasteiger partial charge in [0, 0.05) is 28.2 Å². The number of aromatic nitrogens is 1. The van der Waals surface area contributed by atoms with Crippen LogP contribution in [0.2, 0.25) is 0 Å². The highest BCUT2D eigenvalue weighted by Gasteiger charge is 2.33. The smallest absolute Gasteiger partial charge is 0.322 e. The van der Waals surface area contributed by atoms with E-state index in [1.807, 2.05) is 0 Å². The van der Waals surface area contributed by atoms with Crippen LogP contribution in [-0.2, 0) is 22.6 Å². The lowest BCUT2D eigenvalue weighted by molar-refractivity contribution is -0.136. The first-order chi connectivity index (χ1) is 16.0. The fourth-order valence-electron chi connectivity index (χ4n) is 3.52. The van der Waals surface area contributed by atoms with Crippen LogP contribution in [0.25, 0.3) is 10.9 Å². The average molecular weight is 482 g/mol. The molecule has 0 amide bonds. The van der Waals surface area contributed by atoms with Gasteiger partial charge in [-0.1, -0.05) is 24.1 Å². The van der Waals surface area contributed by atoms with E-state index in [9.17, 15) is 26.4 Å². The fourth-order valence-corrected chi connectivity index (χ4v) is 4.57. The second-order valence-electron chi connectivity index (χ2n) is 7.57. The second-order valence-corrected chi connectivity index (χ2v) is 9.26. The Morgan fingerprint density at radius 3 is 2.18 bits per heavy atom. The number of hydrogen-bond acceptors (Lipinski definition) is 3. The van der Waals surface area contributed by atoms with Crippen LogP contribution in [0.15, 0.2) is 82.5 Å². The molecule has 4 rings (SSSR count). The molecule has 0 bridgehead atoms. The molecule has 0 aliphatic heterocycles. The molecule has 172 valence electrons. The van der Waals surface area contributed by atoms with E-state index in [4.69, 9.17) is 6.42 Å². The SMILES string of the molecule is C#Cc1ccc(NS(=O)(=O)c2ccc(Cc3ccc4[nH]c(=O)cc(C(F)(F)F)c4c3)cc2)cc1. The molecule has 0 atom stereocenters. The number of anilines is 1. The Hall–Kier alpha value is -4.03. The van der Waals surface area contributed by atoms with Crippen LogP contribution in [0.5, 0.6) is 0 Å². The third kappa shape index (κ3) is 4.97. The number of rotatable bonds is 5. The van der Waals surface area contributed by atoms with Crippen molar-refractivity contribution in [2.45, 2.75) is 17.5 Å². The van der Waals surface area contributed by atoms with Crippen LogP contribution in [0, 0.1) is 12.3 Å². The summed E-state index contributed by atoms with van der Waals surface area (Å²) in [7, 11) is -3.84. The minimum atomic E-state index is -4.67. The van der Waals surface area contributed by atoms with Gasteiger partial charge in [0.15, 0.2) is 0 Å². The Morgan fingerprint density at radius 2 is 1.56 bits per heavy atom. The number of hydrogen-bond donors (Lipinski definition) is 2. The summed E-state index contributed by atoms with van der Waals surface area (Å²) in [4.78, 5) is 14.0. The van der Waals surface area contributed by atoms with Crippen molar-refractivity contribution < 1.29 is 21.6 Å². The number of H-pyrrole nitrogens is 1. The van der Waals surface area contributed by atoms with Gasteiger partial charge in [-0.05, 0) is 66.1 Å². The molecule has 1 aromatic heterocycles. The van der Waals surface area contributed by atoms with E-state index < -0.39 is 27.3 Å². The van der Waals surface area contributed by atoms with E-state index in [-0.39, 0.29) is 22.2 Å². The molecule has 0 aliphatic carbocycles. The first-order valence-corrected chi connectivity index (χ1v) is 11.4. The molecule has 0 radical (unpaired) electrons. The number of halogens is 3. The Morgan fingerprint density at radius 1 is 0.912 bits per heavy atom. The number of terminal acetylenes is 1. The number of pyridine rings is 1. The molecule has 34 heavy (non-hydrogen) atoms. The summed E-state index contributed by atoms with van der Waals surface area (Å²) in [5, 5.41) is -0.108. The Labute approximate surface area is 193 Å². The lowest BCUT2D eigenvalue weighted by Crippen LogP contribution is -2.14. The first-order valence-electron chi connectivity index (χ1n) is 9.97. The van der Waals surface area contributed by atoms with Crippen molar-refractivity contribution in [2.24, 2.45) is 0 Å². The maximum absolute atomic E-state index is 13.4. The van der Waals surface area contributed by atoms with Gasteiger partial charge in [0.2, 0.25) is 5.56 Å². The monoisotopic (exact) mass is 482 g/mol. The van der Waals surface area contributed by atoms with Crippen LogP contribution in [-0.4, -0.2) is 13.4 Å². The third-order valence-electron chi connectivity index (χ3n) is 5.16. The number of sulfonamides is 1. The minimum absolute atomic E-state index is 0.0349. The summed E-state index contributed by atoms with van der Waals surface area (Å²) < 4.78 is 67.9. The van der Waals surface area contributed by atoms with E-state index in [0.29, 0.717) is 28.4 Å². The molecule has 5 nitrogen and oxygen atoms in total. The van der Waals surface area contributed by atoms with Crippen molar-refractivity contribution >= 4 is 26.6 Å². The molecule has 0 saturated carbocycles. The van der Waals surface area contributed by atoms with Crippen molar-refractivity contribution in [2.75, 3.05) is 4.72 Å². The first kappa shape index (κ1) is 23.1. The number of benzene rings is 3. The van der Waals surface area contributed by atoms with Crippen LogP contribution in [0.3, 0.4) is 0 Å². The zero-order valence-electron chi connectivity index (χ0n) is 17.5. The number of fused-ring (bicyclic) bond motifs is 1. The summed E-state index contributed by atoms with van der Waals surface area (Å²) >= 11 is 0. The van der Waals surface area contributed by atoms with Crippen molar-refractivity contribution in [1.82, 2.24) is 4.98 Å². The second kappa shape index (κ2) is 8.72. The molecule has 0 aliphatic rings. The van der Waals surface area contributed by atoms with Gasteiger partial charge in [-0.2, -0.15) is 13.2 Å². The fraction of sp³-hybridized carbons (Fsp3) is 0.0800. The molecular weight excluding hydrogens is 465 g/mol. The Kier molecular flexibility index (Phi) is 5.94. The average Bonchev–Trinajstić information content (AvgIpc) is 2.79. The van der Waals surface area contributed by atoms with E-state index >= 15 is 0 Å². The van der Waals surface area contributed by atoms with Gasteiger partial charge in [-0.3, -0.25) is 9.52 Å². The Bertz CT molecular complexity index is 1570. The van der Waals surface area contributed by atoms with Gasteiger partial charge < -0.3 is 4.98 Å². The minimum Gasteiger partial charge on any atom is -0.322 e. The van der Waals surface area contributed by atoms with Gasteiger partial charge in [-0.25, -0.2) is 8.42 Å². The largest absolute Gasteiger partial charge is 0.417 e. The predicted molar refractivity (Wildman–Crippen MR) is 124 cm³/mol. The molecule has 3 aromatic carbocycles. The lowest BCUT2D eigenvalue weighted by atomic mass is 10.0. The molecule has 1 heterocycles. The highest BCUT2D eigenvalue weighted by Crippen LogP contribution is 2.33. The van der Waals surface area contributed by atoms with E-state index in [1.54, 1.807) is 42.5 Å². The molecule has 2 N–H and O–H groups in total. The topological polar surface area (TPSA) is 79.0 Å². The van der Waals surface area contributed by atoms with E-state index in [1.165, 1.54) is 24.3 Å². The summed E-state index contributed by atoms with van der Waals surface area (Å²) in [5.41, 5.74) is 0.515. The van der Waals surface area contributed by atoms with Gasteiger partial charge in [-0.15, -0.1) is 6.42 Å². The van der Waals surface area contributed by atoms with E-state index in [0.717, 1.165) is 0 Å². The quantitative estimate of drug-likeness (QED) is 0.397. The maximum Gasteiger partial charge on any atom is 0.417 e. The summed E-state index contributed by atoms with van der Waals surface area (Å²) in [6.07, 6.45) is 0.895. The molecule has 0 spiro atoms. The zero-order chi connectivity index (χ0) is 24.5. The molecule has 0 unspecified atom stereocenters. The summed E-state index contributed by atoms with van der Waals surface area (Å²) in [5.74, 6) is 2.45. The third-order valence-corrected chi connectivity index (χ3v) is 6.56. The molecule has 0 saturated heterocycles. The normalized spacial score (nSPS) is 11.8. The maximum atomic E-state index is 13.4. The highest BCUT2D eigenvalue weighted by atomic mass is 32.2. The van der Waals surface area contributed by atoms with Gasteiger partial charge in [0.05, 0.1) is 10.5 Å². The number of aromatic amines is 1. The zero-order valence-corrected chi connectivity index (χ0v) is 18.3. The van der Waals surface area contributed by atoms with E-state index in [2.05, 4.69) is 15.6 Å². The molecular formula is C25H17F3N2O3S. The van der Waals surface area contributed by atoms with Crippen LogP contribution < -0.4 is 10.3 Å². The van der Waals surface area contributed by atoms with Gasteiger partial charge in [0.1, 0.15) is 0 Å². The Balaban J connectivity index is 1.57. The molecule has 9 heteroatoms. The van der Waals surface area contributed by atoms with Crippen LogP contribution >= 0.6 is 0 Å². The molecule has 4 aromatic rings. The van der Waals surface area contributed by atoms with Gasteiger partial charge >= 0.3 is 6.18 Å². The number of nitrogens with one attached hydrogen (secondary N) is 2. The number of alkyl halides is 3. The van der Waals surface area contributed by atoms with Crippen molar-refractivity contribution in [3.05, 3.63) is 105 Å². The van der Waals surface area contributed by atoms with Crippen LogP contribution in [0.4, 0.5) is 18.9 Å².